The molecule has 0 saturated heterocycles. The topological polar surface area (TPSA) is 62.4 Å². The van der Waals surface area contributed by atoms with E-state index in [1.807, 2.05) is 85.8 Å². The quantitative estimate of drug-likeness (QED) is 0.554. The molecule has 0 unspecified atom stereocenters. The second kappa shape index (κ2) is 8.58. The van der Waals surface area contributed by atoms with Crippen LogP contribution >= 0.6 is 0 Å². The van der Waals surface area contributed by atoms with Crippen molar-refractivity contribution in [1.29, 1.82) is 0 Å². The van der Waals surface area contributed by atoms with Gasteiger partial charge in [0.2, 0.25) is 0 Å². The molecule has 2 amide bonds. The van der Waals surface area contributed by atoms with Crippen LogP contribution in [0.3, 0.4) is 0 Å². The zero-order valence-corrected chi connectivity index (χ0v) is 14.5. The summed E-state index contributed by atoms with van der Waals surface area (Å²) in [6.07, 6.45) is 0. The van der Waals surface area contributed by atoms with Gasteiger partial charge in [-0.3, -0.25) is 0 Å². The first-order chi connectivity index (χ1) is 12.7. The molecule has 0 saturated carbocycles. The van der Waals surface area contributed by atoms with E-state index < -0.39 is 0 Å². The molecule has 0 heterocycles. The van der Waals surface area contributed by atoms with Gasteiger partial charge in [-0.15, -0.1) is 0 Å². The number of hydrogen-bond donors (Lipinski definition) is 3. The summed E-state index contributed by atoms with van der Waals surface area (Å²) in [4.78, 5) is 12.0. The van der Waals surface area contributed by atoms with Gasteiger partial charge in [0.05, 0.1) is 12.3 Å². The van der Waals surface area contributed by atoms with Gasteiger partial charge in [-0.1, -0.05) is 30.3 Å². The van der Waals surface area contributed by atoms with E-state index in [0.29, 0.717) is 12.3 Å². The molecule has 0 aliphatic rings. The van der Waals surface area contributed by atoms with Gasteiger partial charge in [0.1, 0.15) is 5.75 Å². The van der Waals surface area contributed by atoms with Gasteiger partial charge < -0.3 is 20.7 Å². The van der Waals surface area contributed by atoms with Crippen LogP contribution in [-0.2, 0) is 0 Å². The molecule has 26 heavy (non-hydrogen) atoms. The summed E-state index contributed by atoms with van der Waals surface area (Å²) in [5, 5.41) is 8.92. The Kier molecular flexibility index (Phi) is 5.72. The second-order valence-corrected chi connectivity index (χ2v) is 5.58. The first-order valence-electron chi connectivity index (χ1n) is 8.46. The predicted octanol–water partition coefficient (Wildman–Crippen LogP) is 5.47. The van der Waals surface area contributed by atoms with Crippen LogP contribution in [0, 0.1) is 0 Å². The number of hydrogen-bond acceptors (Lipinski definition) is 3. The van der Waals surface area contributed by atoms with E-state index in [9.17, 15) is 4.79 Å². The average molecular weight is 347 g/mol. The Hall–Kier alpha value is -3.47. The van der Waals surface area contributed by atoms with Gasteiger partial charge >= 0.3 is 6.03 Å². The minimum atomic E-state index is -0.279. The van der Waals surface area contributed by atoms with Crippen molar-refractivity contribution in [3.63, 3.8) is 0 Å². The summed E-state index contributed by atoms with van der Waals surface area (Å²) in [5.41, 5.74) is 3.26. The lowest BCUT2D eigenvalue weighted by atomic mass is 10.2. The number of urea groups is 1. The number of nitrogens with one attached hydrogen (secondary N) is 3. The van der Waals surface area contributed by atoms with Crippen LogP contribution in [0.4, 0.5) is 27.5 Å². The van der Waals surface area contributed by atoms with Gasteiger partial charge in [-0.05, 0) is 55.5 Å². The molecule has 3 aromatic carbocycles. The number of anilines is 4. The Morgan fingerprint density at radius 3 is 2.04 bits per heavy atom. The molecule has 0 spiro atoms. The van der Waals surface area contributed by atoms with Crippen molar-refractivity contribution in [2.75, 3.05) is 22.6 Å². The Morgan fingerprint density at radius 2 is 1.35 bits per heavy atom. The van der Waals surface area contributed by atoms with Gasteiger partial charge in [-0.25, -0.2) is 4.79 Å². The molecule has 5 heteroatoms. The van der Waals surface area contributed by atoms with Crippen LogP contribution < -0.4 is 20.7 Å². The molecule has 0 bridgehead atoms. The number of amides is 2. The van der Waals surface area contributed by atoms with Crippen LogP contribution in [0.25, 0.3) is 0 Å². The zero-order chi connectivity index (χ0) is 18.2. The molecular formula is C21H21N3O2. The van der Waals surface area contributed by atoms with E-state index in [-0.39, 0.29) is 6.03 Å². The van der Waals surface area contributed by atoms with Crippen molar-refractivity contribution in [1.82, 2.24) is 0 Å². The first kappa shape index (κ1) is 17.4. The van der Waals surface area contributed by atoms with Crippen molar-refractivity contribution in [3.8, 4) is 5.75 Å². The van der Waals surface area contributed by atoms with E-state index in [4.69, 9.17) is 4.74 Å². The van der Waals surface area contributed by atoms with E-state index in [0.717, 1.165) is 22.8 Å². The number of carbonyl (C=O) groups excluding carboxylic acids is 1. The van der Waals surface area contributed by atoms with Gasteiger partial charge in [0.25, 0.3) is 0 Å². The van der Waals surface area contributed by atoms with Crippen LogP contribution in [-0.4, -0.2) is 12.6 Å². The van der Waals surface area contributed by atoms with Crippen LogP contribution in [0.1, 0.15) is 6.92 Å². The molecule has 0 fully saturated rings. The van der Waals surface area contributed by atoms with E-state index in [1.165, 1.54) is 0 Å². The van der Waals surface area contributed by atoms with Crippen molar-refractivity contribution < 1.29 is 9.53 Å². The predicted molar refractivity (Wildman–Crippen MR) is 106 cm³/mol. The Morgan fingerprint density at radius 1 is 0.769 bits per heavy atom. The van der Waals surface area contributed by atoms with E-state index >= 15 is 0 Å². The highest BCUT2D eigenvalue weighted by atomic mass is 16.5. The minimum Gasteiger partial charge on any atom is -0.492 e. The van der Waals surface area contributed by atoms with Crippen molar-refractivity contribution >= 4 is 28.8 Å². The van der Waals surface area contributed by atoms with Crippen molar-refractivity contribution in [3.05, 3.63) is 78.9 Å². The smallest absolute Gasteiger partial charge is 0.323 e. The molecule has 0 radical (unpaired) electrons. The fraction of sp³-hybridized carbons (Fsp3) is 0.0952. The molecule has 0 aromatic heterocycles. The first-order valence-corrected chi connectivity index (χ1v) is 8.46. The highest BCUT2D eigenvalue weighted by molar-refractivity contribution is 5.99. The third-order valence-electron chi connectivity index (χ3n) is 3.64. The second-order valence-electron chi connectivity index (χ2n) is 5.58. The van der Waals surface area contributed by atoms with Crippen LogP contribution in [0.5, 0.6) is 5.75 Å². The molecule has 5 nitrogen and oxygen atoms in total. The largest absolute Gasteiger partial charge is 0.492 e. The number of ether oxygens (including phenoxy) is 1. The lowest BCUT2D eigenvalue weighted by Gasteiger charge is -2.13. The van der Waals surface area contributed by atoms with Crippen LogP contribution in [0.15, 0.2) is 78.9 Å². The standard InChI is InChI=1S/C21H21N3O2/c1-2-26-20-11-7-6-10-19(20)22-17-12-14-18(15-13-17)24-21(25)23-16-8-4-3-5-9-16/h3-15,22H,2H2,1H3,(H2,23,24,25). The normalized spacial score (nSPS) is 10.0. The van der Waals surface area contributed by atoms with Gasteiger partial charge in [0, 0.05) is 17.1 Å². The Bertz CT molecular complexity index is 849. The maximum absolute atomic E-state index is 12.0. The maximum Gasteiger partial charge on any atom is 0.323 e. The summed E-state index contributed by atoms with van der Waals surface area (Å²) in [6.45, 7) is 2.57. The van der Waals surface area contributed by atoms with Gasteiger partial charge in [-0.2, -0.15) is 0 Å². The molecule has 0 aliphatic heterocycles. The molecule has 0 atom stereocenters. The SMILES string of the molecule is CCOc1ccccc1Nc1ccc(NC(=O)Nc2ccccc2)cc1. The van der Waals surface area contributed by atoms with Crippen molar-refractivity contribution in [2.24, 2.45) is 0 Å². The summed E-state index contributed by atoms with van der Waals surface area (Å²) in [7, 11) is 0. The fourth-order valence-electron chi connectivity index (χ4n) is 2.46. The molecule has 3 rings (SSSR count). The molecular weight excluding hydrogens is 326 g/mol. The number of benzene rings is 3. The van der Waals surface area contributed by atoms with E-state index in [2.05, 4.69) is 16.0 Å². The maximum atomic E-state index is 12.0. The number of para-hydroxylation sites is 3. The monoisotopic (exact) mass is 347 g/mol. The Labute approximate surface area is 153 Å². The highest BCUT2D eigenvalue weighted by Gasteiger charge is 2.05. The number of rotatable bonds is 6. The molecule has 3 N–H and O–H groups in total. The summed E-state index contributed by atoms with van der Waals surface area (Å²) in [6, 6.07) is 24.3. The lowest BCUT2D eigenvalue weighted by molar-refractivity contribution is 0.262. The third kappa shape index (κ3) is 4.77. The molecule has 132 valence electrons. The molecule has 0 aliphatic carbocycles. The van der Waals surface area contributed by atoms with Gasteiger partial charge in [0.15, 0.2) is 0 Å². The number of carbonyl (C=O) groups is 1. The highest BCUT2D eigenvalue weighted by Crippen LogP contribution is 2.27. The average Bonchev–Trinajstić information content (AvgIpc) is 2.66. The third-order valence-corrected chi connectivity index (χ3v) is 3.64. The zero-order valence-electron chi connectivity index (χ0n) is 14.5. The van der Waals surface area contributed by atoms with E-state index in [1.54, 1.807) is 0 Å². The summed E-state index contributed by atoms with van der Waals surface area (Å²) < 4.78 is 5.61. The minimum absolute atomic E-state index is 0.279. The summed E-state index contributed by atoms with van der Waals surface area (Å²) in [5.74, 6) is 0.805. The van der Waals surface area contributed by atoms with Crippen LogP contribution in [0.2, 0.25) is 0 Å². The van der Waals surface area contributed by atoms with Crippen molar-refractivity contribution in [2.45, 2.75) is 6.92 Å². The molecule has 3 aromatic rings. The summed E-state index contributed by atoms with van der Waals surface area (Å²) >= 11 is 0. The Balaban J connectivity index is 1.61. The lowest BCUT2D eigenvalue weighted by Crippen LogP contribution is -2.19. The fourth-order valence-corrected chi connectivity index (χ4v) is 2.46.